The number of nitrogens with zero attached hydrogens (tertiary/aromatic N) is 4. The largest absolute Gasteiger partial charge is 0.344 e. The van der Waals surface area contributed by atoms with Gasteiger partial charge in [0.2, 0.25) is 5.91 Å². The van der Waals surface area contributed by atoms with Crippen molar-refractivity contribution in [2.24, 2.45) is 0 Å². The maximum Gasteiger partial charge on any atom is 0.223 e. The lowest BCUT2D eigenvalue weighted by molar-refractivity contribution is -0.131. The molecule has 1 aliphatic heterocycles. The molecule has 27 heavy (non-hydrogen) atoms. The second kappa shape index (κ2) is 7.74. The number of rotatable bonds is 5. The number of piperazine rings is 1. The molecule has 0 N–H and O–H groups in total. The number of aryl methyl sites for hydroxylation is 1. The van der Waals surface area contributed by atoms with Crippen LogP contribution < -0.4 is 4.90 Å². The summed E-state index contributed by atoms with van der Waals surface area (Å²) in [6.07, 6.45) is 2.34. The van der Waals surface area contributed by atoms with Crippen LogP contribution in [0.5, 0.6) is 0 Å². The van der Waals surface area contributed by atoms with E-state index in [-0.39, 0.29) is 24.5 Å². The van der Waals surface area contributed by atoms with E-state index in [1.165, 1.54) is 11.3 Å². The zero-order valence-electron chi connectivity index (χ0n) is 15.1. The van der Waals surface area contributed by atoms with Crippen molar-refractivity contribution < 1.29 is 9.59 Å². The Morgan fingerprint density at radius 1 is 1.07 bits per heavy atom. The monoisotopic (exact) mass is 400 g/mol. The molecule has 8 heteroatoms. The van der Waals surface area contributed by atoms with Crippen LogP contribution in [-0.4, -0.2) is 52.7 Å². The van der Waals surface area contributed by atoms with Crippen molar-refractivity contribution >= 4 is 49.8 Å². The van der Waals surface area contributed by atoms with E-state index in [2.05, 4.69) is 14.9 Å². The Hall–Kier alpha value is -2.32. The number of carbonyl (C=O) groups is 2. The molecule has 0 saturated carbocycles. The summed E-state index contributed by atoms with van der Waals surface area (Å²) >= 11 is 3.07. The normalized spacial score (nSPS) is 14.7. The van der Waals surface area contributed by atoms with Crippen LogP contribution in [0.15, 0.2) is 30.5 Å². The van der Waals surface area contributed by atoms with Gasteiger partial charge in [0.15, 0.2) is 10.9 Å². The van der Waals surface area contributed by atoms with Crippen molar-refractivity contribution in [2.45, 2.75) is 19.8 Å². The Morgan fingerprint density at radius 3 is 2.59 bits per heavy atom. The van der Waals surface area contributed by atoms with Crippen LogP contribution in [0.2, 0.25) is 0 Å². The highest BCUT2D eigenvalue weighted by molar-refractivity contribution is 7.21. The molecule has 0 spiro atoms. The van der Waals surface area contributed by atoms with Gasteiger partial charge in [0, 0.05) is 50.1 Å². The highest BCUT2D eigenvalue weighted by Crippen LogP contribution is 2.27. The molecule has 3 aromatic heterocycles. The Bertz CT molecular complexity index is 940. The van der Waals surface area contributed by atoms with E-state index in [0.717, 1.165) is 38.3 Å². The van der Waals surface area contributed by atoms with Gasteiger partial charge in [-0.2, -0.15) is 0 Å². The molecule has 6 nitrogen and oxygen atoms in total. The first kappa shape index (κ1) is 18.1. The molecule has 4 rings (SSSR count). The van der Waals surface area contributed by atoms with E-state index in [1.54, 1.807) is 17.5 Å². The van der Waals surface area contributed by atoms with Crippen LogP contribution in [0.1, 0.15) is 27.4 Å². The van der Waals surface area contributed by atoms with Crippen molar-refractivity contribution in [3.05, 3.63) is 40.2 Å². The number of thiophene rings is 1. The fraction of sp³-hybridized carbons (Fsp3) is 0.368. The van der Waals surface area contributed by atoms with Crippen LogP contribution in [0, 0.1) is 6.92 Å². The third kappa shape index (κ3) is 4.01. The number of anilines is 1. The lowest BCUT2D eigenvalue weighted by Gasteiger charge is -2.34. The van der Waals surface area contributed by atoms with Gasteiger partial charge in [0.1, 0.15) is 10.3 Å². The number of ketones is 1. The van der Waals surface area contributed by atoms with Gasteiger partial charge in [0.05, 0.1) is 4.88 Å². The van der Waals surface area contributed by atoms with E-state index in [4.69, 9.17) is 0 Å². The van der Waals surface area contributed by atoms with Crippen molar-refractivity contribution in [1.29, 1.82) is 0 Å². The molecule has 0 aromatic carbocycles. The highest BCUT2D eigenvalue weighted by atomic mass is 32.1. The lowest BCUT2D eigenvalue weighted by Crippen LogP contribution is -2.48. The predicted molar refractivity (Wildman–Crippen MR) is 109 cm³/mol. The molecule has 1 amide bonds. The first-order chi connectivity index (χ1) is 13.1. The Kier molecular flexibility index (Phi) is 5.18. The molecule has 0 unspecified atom stereocenters. The van der Waals surface area contributed by atoms with Gasteiger partial charge in [-0.3, -0.25) is 9.59 Å². The fourth-order valence-corrected chi connectivity index (χ4v) is 4.92. The molecule has 1 aliphatic rings. The maximum atomic E-state index is 12.5. The summed E-state index contributed by atoms with van der Waals surface area (Å²) in [5, 5.41) is 0.957. The molecular formula is C19H20N4O2S2. The smallest absolute Gasteiger partial charge is 0.223 e. The van der Waals surface area contributed by atoms with Crippen LogP contribution in [0.4, 0.5) is 5.13 Å². The quantitative estimate of drug-likeness (QED) is 0.614. The summed E-state index contributed by atoms with van der Waals surface area (Å²) in [4.78, 5) is 40.5. The molecular weight excluding hydrogens is 380 g/mol. The summed E-state index contributed by atoms with van der Waals surface area (Å²) in [6.45, 7) is 4.81. The topological polar surface area (TPSA) is 66.4 Å². The number of carbonyl (C=O) groups excluding carboxylic acids is 2. The van der Waals surface area contributed by atoms with Crippen LogP contribution in [-0.2, 0) is 4.79 Å². The van der Waals surface area contributed by atoms with E-state index in [1.807, 2.05) is 36.1 Å². The van der Waals surface area contributed by atoms with Crippen molar-refractivity contribution in [1.82, 2.24) is 14.9 Å². The van der Waals surface area contributed by atoms with E-state index in [0.29, 0.717) is 13.1 Å². The van der Waals surface area contributed by atoms with Gasteiger partial charge >= 0.3 is 0 Å². The van der Waals surface area contributed by atoms with Crippen molar-refractivity contribution in [2.75, 3.05) is 31.1 Å². The Labute approximate surface area is 165 Å². The molecule has 0 atom stereocenters. The first-order valence-corrected chi connectivity index (χ1v) is 10.6. The number of aromatic nitrogens is 2. The third-order valence-electron chi connectivity index (χ3n) is 4.64. The van der Waals surface area contributed by atoms with Gasteiger partial charge in [-0.25, -0.2) is 9.97 Å². The third-order valence-corrected chi connectivity index (χ3v) is 6.72. The number of hydrogen-bond donors (Lipinski definition) is 0. The molecule has 0 radical (unpaired) electrons. The van der Waals surface area contributed by atoms with Crippen LogP contribution in [0.25, 0.3) is 10.3 Å². The highest BCUT2D eigenvalue weighted by Gasteiger charge is 2.23. The minimum absolute atomic E-state index is 0.0575. The van der Waals surface area contributed by atoms with Crippen LogP contribution >= 0.6 is 22.7 Å². The molecule has 140 valence electrons. The number of Topliss-reactive ketones (excluding diaryl/α,β-unsaturated/α-hetero) is 1. The second-order valence-corrected chi connectivity index (χ2v) is 8.77. The molecule has 3 aromatic rings. The molecule has 1 saturated heterocycles. The van der Waals surface area contributed by atoms with Gasteiger partial charge in [-0.05, 0) is 31.2 Å². The SMILES string of the molecule is Cc1ccc(C(=O)CCC(=O)N2CCN(c3nc4cccnc4s3)CC2)s1. The van der Waals surface area contributed by atoms with Gasteiger partial charge < -0.3 is 9.80 Å². The maximum absolute atomic E-state index is 12.5. The summed E-state index contributed by atoms with van der Waals surface area (Å²) in [7, 11) is 0. The summed E-state index contributed by atoms with van der Waals surface area (Å²) in [5.41, 5.74) is 0.915. The van der Waals surface area contributed by atoms with Crippen LogP contribution in [0.3, 0.4) is 0 Å². The zero-order chi connectivity index (χ0) is 18.8. The van der Waals surface area contributed by atoms with Crippen molar-refractivity contribution in [3.8, 4) is 0 Å². The standard InChI is InChI=1S/C19H20N4O2S2/c1-13-4-6-16(26-13)15(24)5-7-17(25)22-9-11-23(12-10-22)19-21-14-3-2-8-20-18(14)27-19/h2-4,6,8H,5,7,9-12H2,1H3. The van der Waals surface area contributed by atoms with E-state index in [9.17, 15) is 9.59 Å². The van der Waals surface area contributed by atoms with Gasteiger partial charge in [-0.15, -0.1) is 11.3 Å². The summed E-state index contributed by atoms with van der Waals surface area (Å²) < 4.78 is 0. The number of fused-ring (bicyclic) bond motifs is 1. The van der Waals surface area contributed by atoms with Gasteiger partial charge in [0.25, 0.3) is 0 Å². The van der Waals surface area contributed by atoms with Crippen molar-refractivity contribution in [3.63, 3.8) is 0 Å². The minimum Gasteiger partial charge on any atom is -0.344 e. The molecule has 0 bridgehead atoms. The molecule has 0 aliphatic carbocycles. The molecule has 4 heterocycles. The summed E-state index contributed by atoms with van der Waals surface area (Å²) in [6, 6.07) is 7.64. The molecule has 1 fully saturated rings. The number of thiazole rings is 1. The minimum atomic E-state index is 0.0575. The average molecular weight is 401 g/mol. The number of pyridine rings is 1. The number of amides is 1. The predicted octanol–water partition coefficient (Wildman–Crippen LogP) is 3.37. The van der Waals surface area contributed by atoms with E-state index >= 15 is 0 Å². The Morgan fingerprint density at radius 2 is 1.89 bits per heavy atom. The summed E-state index contributed by atoms with van der Waals surface area (Å²) in [5.74, 6) is 0.115. The lowest BCUT2D eigenvalue weighted by atomic mass is 10.1. The first-order valence-electron chi connectivity index (χ1n) is 8.94. The van der Waals surface area contributed by atoms with E-state index < -0.39 is 0 Å². The van der Waals surface area contributed by atoms with Gasteiger partial charge in [-0.1, -0.05) is 11.3 Å². The Balaban J connectivity index is 1.29. The fourth-order valence-electron chi connectivity index (χ4n) is 3.13. The number of hydrogen-bond acceptors (Lipinski definition) is 7. The average Bonchev–Trinajstić information content (AvgIpc) is 3.32. The second-order valence-electron chi connectivity index (χ2n) is 6.53. The zero-order valence-corrected chi connectivity index (χ0v) is 16.7.